The largest absolute Gasteiger partial charge is 0.493 e. The molecule has 0 radical (unpaired) electrons. The van der Waals surface area contributed by atoms with Gasteiger partial charge in [-0.15, -0.1) is 0 Å². The quantitative estimate of drug-likeness (QED) is 0.0502. The van der Waals surface area contributed by atoms with E-state index in [1.165, 1.54) is 72.4 Å². The van der Waals surface area contributed by atoms with E-state index >= 15 is 0 Å². The van der Waals surface area contributed by atoms with Gasteiger partial charge < -0.3 is 29.1 Å². The van der Waals surface area contributed by atoms with Crippen molar-refractivity contribution in [2.45, 2.75) is 83.1 Å². The Bertz CT molecular complexity index is 6440. The van der Waals surface area contributed by atoms with E-state index in [1.807, 2.05) is 50.2 Å². The smallest absolute Gasteiger partial charge is 0.126 e. The maximum Gasteiger partial charge on any atom is 0.126 e. The molecule has 0 bridgehead atoms. The van der Waals surface area contributed by atoms with Crippen LogP contribution in [0.1, 0.15) is 114 Å². The number of nitrogens with zero attached hydrogens (tertiary/aromatic N) is 4. The highest BCUT2D eigenvalue weighted by molar-refractivity contribution is 5.88. The third-order valence-corrected chi connectivity index (χ3v) is 22.7. The summed E-state index contributed by atoms with van der Waals surface area (Å²) in [4.78, 5) is 9.42. The zero-order chi connectivity index (χ0) is 86.0. The van der Waals surface area contributed by atoms with Crippen molar-refractivity contribution in [3.05, 3.63) is 464 Å². The molecule has 0 unspecified atom stereocenters. The minimum absolute atomic E-state index is 0.637. The number of para-hydroxylation sites is 2. The molecule has 124 heavy (non-hydrogen) atoms. The highest BCUT2D eigenvalue weighted by atomic mass is 16.5. The fraction of sp³-hybridized carbons (Fsp3) is 0.119. The molecule has 0 atom stereocenters. The molecule has 6 nitrogen and oxygen atoms in total. The van der Waals surface area contributed by atoms with Gasteiger partial charge in [0.05, 0.1) is 13.2 Å². The molecule has 0 aliphatic rings. The van der Waals surface area contributed by atoms with Crippen molar-refractivity contribution in [2.24, 2.45) is 0 Å². The van der Waals surface area contributed by atoms with Crippen molar-refractivity contribution in [3.8, 4) is 33.8 Å². The fourth-order valence-corrected chi connectivity index (χ4v) is 16.1. The second kappa shape index (κ2) is 39.7. The minimum Gasteiger partial charge on any atom is -0.493 e. The number of ether oxygens (including phenoxy) is 2. The van der Waals surface area contributed by atoms with E-state index in [4.69, 9.17) is 9.47 Å². The van der Waals surface area contributed by atoms with Crippen LogP contribution < -0.4 is 29.1 Å². The maximum absolute atomic E-state index is 5.85. The number of hydrogen-bond acceptors (Lipinski definition) is 6. The predicted octanol–water partition coefficient (Wildman–Crippen LogP) is 33.1. The molecule has 0 heterocycles. The van der Waals surface area contributed by atoms with E-state index in [2.05, 4.69) is 465 Å². The molecular weight excluding hydrogens is 1510 g/mol. The van der Waals surface area contributed by atoms with Crippen molar-refractivity contribution in [2.75, 3.05) is 32.8 Å². The maximum atomic E-state index is 5.85. The summed E-state index contributed by atoms with van der Waals surface area (Å²) < 4.78 is 11.7. The van der Waals surface area contributed by atoms with Gasteiger partial charge in [0.15, 0.2) is 0 Å². The van der Waals surface area contributed by atoms with Crippen LogP contribution in [-0.4, -0.2) is 13.2 Å². The molecular formula is C118H108N4O2. The van der Waals surface area contributed by atoms with Crippen molar-refractivity contribution >= 4 is 117 Å². The lowest BCUT2D eigenvalue weighted by Gasteiger charge is -2.28. The van der Waals surface area contributed by atoms with Crippen LogP contribution in [0.15, 0.2) is 364 Å². The highest BCUT2D eigenvalue weighted by Crippen LogP contribution is 2.44. The van der Waals surface area contributed by atoms with Gasteiger partial charge in [-0.05, 0) is 300 Å². The first-order valence-electron chi connectivity index (χ1n) is 43.1. The summed E-state index contributed by atoms with van der Waals surface area (Å²) in [6.45, 7) is 26.9. The van der Waals surface area contributed by atoms with Crippen LogP contribution >= 0.6 is 0 Å². The van der Waals surface area contributed by atoms with Gasteiger partial charge in [0.2, 0.25) is 0 Å². The van der Waals surface area contributed by atoms with E-state index in [9.17, 15) is 0 Å². The zero-order valence-electron chi connectivity index (χ0n) is 73.3. The first-order valence-corrected chi connectivity index (χ1v) is 43.1. The molecule has 0 aromatic heterocycles. The molecule has 16 rings (SSSR count). The van der Waals surface area contributed by atoms with Crippen LogP contribution in [0.4, 0.5) is 68.2 Å². The van der Waals surface area contributed by atoms with Crippen LogP contribution in [0.25, 0.3) is 70.9 Å². The van der Waals surface area contributed by atoms with Gasteiger partial charge in [-0.2, -0.15) is 0 Å². The van der Waals surface area contributed by atoms with Crippen molar-refractivity contribution in [1.82, 2.24) is 0 Å². The molecule has 0 spiro atoms. The average molecular weight is 1610 g/mol. The van der Waals surface area contributed by atoms with E-state index in [1.54, 1.807) is 0 Å². The lowest BCUT2D eigenvalue weighted by molar-refractivity contribution is 0.339. The van der Waals surface area contributed by atoms with Crippen LogP contribution in [0.2, 0.25) is 0 Å². The van der Waals surface area contributed by atoms with Crippen molar-refractivity contribution in [3.63, 3.8) is 0 Å². The average Bonchev–Trinajstić information content (AvgIpc) is 0.801. The zero-order valence-corrected chi connectivity index (χ0v) is 73.3. The minimum atomic E-state index is 0.637. The summed E-state index contributed by atoms with van der Waals surface area (Å²) in [6, 6.07) is 131. The van der Waals surface area contributed by atoms with E-state index in [0.717, 1.165) is 130 Å². The van der Waals surface area contributed by atoms with Gasteiger partial charge in [-0.3, -0.25) is 0 Å². The monoisotopic (exact) mass is 1610 g/mol. The summed E-state index contributed by atoms with van der Waals surface area (Å²) in [6.07, 6.45) is 17.3. The highest BCUT2D eigenvalue weighted by Gasteiger charge is 2.22. The Morgan fingerprint density at radius 1 is 0.194 bits per heavy atom. The molecule has 0 N–H and O–H groups in total. The van der Waals surface area contributed by atoms with Crippen LogP contribution in [-0.2, 0) is 0 Å². The number of hydrogen-bond donors (Lipinski definition) is 0. The van der Waals surface area contributed by atoms with Crippen LogP contribution in [0.5, 0.6) is 11.5 Å². The van der Waals surface area contributed by atoms with E-state index < -0.39 is 0 Å². The molecule has 0 amide bonds. The Hall–Kier alpha value is -14.7. The number of aryl methyl sites for hydroxylation is 10. The Kier molecular flexibility index (Phi) is 27.0. The molecule has 0 saturated carbocycles. The standard InChI is InChI=1S/2C59H54N2O/c1-7-62-59-15-11-10-14-52(59)25-19-48-22-32-54(33-23-48)61(58-39-17-43(3)41-46(58)6)56-36-28-51(29-37-56)50-26-34-55(35-27-50)60(57-38-16-42(2)40-45(57)5)53-30-20-47(21-31-53)18-24-49-13-9-8-12-44(49)4;1-7-62-59-11-9-8-10-52(59)25-20-49-23-32-54(33-24-49)61(58-39-15-44(4)41-46(58)6)56-36-28-51(29-37-56)50-26-34-55(35-27-50)60(57-38-14-43(3)40-45(57)5)53-30-21-48(22-31-53)19-18-47-16-12-42(2)13-17-47/h2*8-41H,7H2,1-6H3/b24-18+,25-19+;19-18+,25-20+. The third kappa shape index (κ3) is 20.6. The second-order valence-electron chi connectivity index (χ2n) is 32.1. The summed E-state index contributed by atoms with van der Waals surface area (Å²) >= 11 is 0. The van der Waals surface area contributed by atoms with Gasteiger partial charge >= 0.3 is 0 Å². The normalized spacial score (nSPS) is 11.3. The van der Waals surface area contributed by atoms with E-state index in [0.29, 0.717) is 13.2 Å². The number of benzene rings is 16. The Labute approximate surface area is 735 Å². The van der Waals surface area contributed by atoms with Crippen LogP contribution in [0.3, 0.4) is 0 Å². The van der Waals surface area contributed by atoms with E-state index in [-0.39, 0.29) is 0 Å². The van der Waals surface area contributed by atoms with Gasteiger partial charge in [0.25, 0.3) is 0 Å². The van der Waals surface area contributed by atoms with Gasteiger partial charge in [0.1, 0.15) is 11.5 Å². The number of anilines is 12. The molecule has 612 valence electrons. The van der Waals surface area contributed by atoms with Crippen LogP contribution in [0, 0.1) is 69.2 Å². The van der Waals surface area contributed by atoms with Crippen molar-refractivity contribution < 1.29 is 9.47 Å². The Morgan fingerprint density at radius 3 is 0.653 bits per heavy atom. The molecule has 0 saturated heterocycles. The first kappa shape index (κ1) is 84.3. The molecule has 16 aromatic carbocycles. The molecule has 0 fully saturated rings. The van der Waals surface area contributed by atoms with Crippen molar-refractivity contribution in [1.29, 1.82) is 0 Å². The summed E-state index contributed by atoms with van der Waals surface area (Å²) in [7, 11) is 0. The topological polar surface area (TPSA) is 31.4 Å². The van der Waals surface area contributed by atoms with Gasteiger partial charge in [0, 0.05) is 79.4 Å². The second-order valence-corrected chi connectivity index (χ2v) is 32.1. The number of rotatable bonds is 26. The summed E-state index contributed by atoms with van der Waals surface area (Å²) in [5.74, 6) is 1.79. The summed E-state index contributed by atoms with van der Waals surface area (Å²) in [5, 5.41) is 0. The summed E-state index contributed by atoms with van der Waals surface area (Å²) in [5.41, 5.74) is 39.7. The molecule has 0 aliphatic carbocycles. The lowest BCUT2D eigenvalue weighted by Crippen LogP contribution is -2.11. The molecule has 16 aromatic rings. The predicted molar refractivity (Wildman–Crippen MR) is 534 cm³/mol. The lowest BCUT2D eigenvalue weighted by atomic mass is 10.0. The Morgan fingerprint density at radius 2 is 0.403 bits per heavy atom. The van der Waals surface area contributed by atoms with Gasteiger partial charge in [-0.25, -0.2) is 0 Å². The fourth-order valence-electron chi connectivity index (χ4n) is 16.1. The SMILES string of the molecule is CCOc1ccccc1/C=C/c1ccc(N(c2ccc(-c3ccc(N(c4ccc(/C=C/c5ccc(C)cc5)cc4)c4ccc(C)cc4C)cc3)cc2)c2ccc(C)cc2C)cc1.CCOc1ccccc1/C=C/c1ccc(N(c2ccc(-c3ccc(N(c4ccc(/C=C/c5ccccc5C)cc4)c4ccc(C)cc4C)cc3)cc2)c2ccc(C)cc2C)cc1. The molecule has 6 heteroatoms. The third-order valence-electron chi connectivity index (χ3n) is 22.7. The molecule has 0 aliphatic heterocycles. The Balaban J connectivity index is 0.000000192. The van der Waals surface area contributed by atoms with Gasteiger partial charge in [-0.1, -0.05) is 307 Å². The first-order chi connectivity index (χ1) is 60.4.